The van der Waals surface area contributed by atoms with Crippen LogP contribution in [0.15, 0.2) is 65.3 Å². The van der Waals surface area contributed by atoms with Crippen LogP contribution in [-0.4, -0.2) is 70.0 Å². The molecule has 0 spiro atoms. The van der Waals surface area contributed by atoms with Crippen LogP contribution in [0.5, 0.6) is 0 Å². The molecule has 2 aromatic carbocycles. The number of halogens is 3. The molecule has 47 heavy (non-hydrogen) atoms. The molecule has 3 aliphatic heterocycles. The Bertz CT molecular complexity index is 1710. The van der Waals surface area contributed by atoms with Gasteiger partial charge in [0.1, 0.15) is 6.33 Å². The van der Waals surface area contributed by atoms with Gasteiger partial charge in [0.25, 0.3) is 5.91 Å². The SMILES string of the molecule is C#CCCC1(CC(=O)N2CCN(Cc3cc(NC(=O)c4ccc5c(c4)CN(c4cncnc4)CC5C)cc(C(F)(F)F)c3)CC2)N=N1. The highest BCUT2D eigenvalue weighted by molar-refractivity contribution is 6.04. The smallest absolute Gasteiger partial charge is 0.364 e. The maximum Gasteiger partial charge on any atom is 0.416 e. The number of fused-ring (bicyclic) bond motifs is 1. The van der Waals surface area contributed by atoms with Crippen LogP contribution in [0.1, 0.15) is 64.7 Å². The molecule has 13 heteroatoms. The van der Waals surface area contributed by atoms with E-state index in [4.69, 9.17) is 6.42 Å². The van der Waals surface area contributed by atoms with Crippen LogP contribution in [0.3, 0.4) is 0 Å². The topological polar surface area (TPSA) is 106 Å². The van der Waals surface area contributed by atoms with E-state index in [9.17, 15) is 22.8 Å². The third kappa shape index (κ3) is 7.60. The fourth-order valence-electron chi connectivity index (χ4n) is 6.31. The lowest BCUT2D eigenvalue weighted by atomic mass is 9.89. The lowest BCUT2D eigenvalue weighted by Gasteiger charge is -2.35. The third-order valence-corrected chi connectivity index (χ3v) is 8.90. The molecule has 3 aliphatic rings. The van der Waals surface area contributed by atoms with Crippen molar-refractivity contribution in [2.45, 2.75) is 57.0 Å². The fourth-order valence-corrected chi connectivity index (χ4v) is 6.31. The highest BCUT2D eigenvalue weighted by Crippen LogP contribution is 2.37. The molecule has 0 saturated carbocycles. The highest BCUT2D eigenvalue weighted by Gasteiger charge is 2.43. The van der Waals surface area contributed by atoms with Crippen molar-refractivity contribution in [2.75, 3.05) is 42.9 Å². The van der Waals surface area contributed by atoms with Crippen molar-refractivity contribution in [3.05, 3.63) is 82.9 Å². The lowest BCUT2D eigenvalue weighted by Crippen LogP contribution is -2.49. The van der Waals surface area contributed by atoms with Gasteiger partial charge in [-0.05, 0) is 52.9 Å². The number of hydrogen-bond donors (Lipinski definition) is 1. The van der Waals surface area contributed by atoms with Crippen molar-refractivity contribution in [1.29, 1.82) is 0 Å². The zero-order valence-electron chi connectivity index (χ0n) is 26.0. The van der Waals surface area contributed by atoms with E-state index in [1.807, 2.05) is 11.0 Å². The van der Waals surface area contributed by atoms with Gasteiger partial charge in [0, 0.05) is 69.9 Å². The van der Waals surface area contributed by atoms with Gasteiger partial charge in [0.15, 0.2) is 0 Å². The van der Waals surface area contributed by atoms with Crippen molar-refractivity contribution in [2.24, 2.45) is 10.2 Å². The average molecular weight is 645 g/mol. The van der Waals surface area contributed by atoms with Crippen molar-refractivity contribution in [1.82, 2.24) is 19.8 Å². The maximum atomic E-state index is 13.9. The summed E-state index contributed by atoms with van der Waals surface area (Å²) in [5.41, 5.74) is 2.26. The van der Waals surface area contributed by atoms with Crippen LogP contribution in [0.25, 0.3) is 0 Å². The molecular formula is C34H35F3N8O2. The van der Waals surface area contributed by atoms with Gasteiger partial charge in [-0.25, -0.2) is 9.97 Å². The Morgan fingerprint density at radius 1 is 1.06 bits per heavy atom. The Morgan fingerprint density at radius 3 is 2.49 bits per heavy atom. The molecule has 0 aliphatic carbocycles. The molecule has 4 heterocycles. The van der Waals surface area contributed by atoms with Gasteiger partial charge in [-0.1, -0.05) is 13.0 Å². The lowest BCUT2D eigenvalue weighted by molar-refractivity contribution is -0.137. The van der Waals surface area contributed by atoms with Gasteiger partial charge in [-0.15, -0.1) is 12.3 Å². The van der Waals surface area contributed by atoms with Gasteiger partial charge in [0.05, 0.1) is 30.1 Å². The van der Waals surface area contributed by atoms with Gasteiger partial charge < -0.3 is 15.1 Å². The number of anilines is 2. The molecule has 1 unspecified atom stereocenters. The zero-order valence-corrected chi connectivity index (χ0v) is 26.0. The largest absolute Gasteiger partial charge is 0.416 e. The number of aromatic nitrogens is 2. The van der Waals surface area contributed by atoms with E-state index in [-0.39, 0.29) is 30.5 Å². The number of carbonyl (C=O) groups is 2. The minimum Gasteiger partial charge on any atom is -0.364 e. The normalized spacial score (nSPS) is 18.7. The van der Waals surface area contributed by atoms with Crippen molar-refractivity contribution < 1.29 is 22.8 Å². The monoisotopic (exact) mass is 644 g/mol. The van der Waals surface area contributed by atoms with Gasteiger partial charge in [-0.2, -0.15) is 23.4 Å². The zero-order chi connectivity index (χ0) is 33.2. The summed E-state index contributed by atoms with van der Waals surface area (Å²) in [7, 11) is 0. The molecule has 244 valence electrons. The minimum atomic E-state index is -4.60. The van der Waals surface area contributed by atoms with Crippen molar-refractivity contribution in [3.63, 3.8) is 0 Å². The molecule has 3 aromatic rings. The quantitative estimate of drug-likeness (QED) is 0.310. The molecule has 6 rings (SSSR count). The van der Waals surface area contributed by atoms with E-state index >= 15 is 0 Å². The summed E-state index contributed by atoms with van der Waals surface area (Å²) in [5.74, 6) is 2.19. The van der Waals surface area contributed by atoms with E-state index in [2.05, 4.69) is 43.3 Å². The van der Waals surface area contributed by atoms with Gasteiger partial charge >= 0.3 is 6.18 Å². The van der Waals surface area contributed by atoms with Crippen LogP contribution >= 0.6 is 0 Å². The predicted octanol–water partition coefficient (Wildman–Crippen LogP) is 5.48. The maximum absolute atomic E-state index is 13.9. The molecule has 1 fully saturated rings. The number of piperazine rings is 1. The molecule has 0 radical (unpaired) electrons. The molecule has 1 atom stereocenters. The summed E-state index contributed by atoms with van der Waals surface area (Å²) in [4.78, 5) is 40.3. The molecular weight excluding hydrogens is 609 g/mol. The van der Waals surface area contributed by atoms with Gasteiger partial charge in [0.2, 0.25) is 11.6 Å². The number of amides is 2. The number of rotatable bonds is 9. The summed E-state index contributed by atoms with van der Waals surface area (Å²) in [5, 5.41) is 10.8. The Kier molecular flexibility index (Phi) is 8.96. The van der Waals surface area contributed by atoms with Crippen LogP contribution < -0.4 is 10.2 Å². The second kappa shape index (κ2) is 13.1. The average Bonchev–Trinajstić information content (AvgIpc) is 3.82. The third-order valence-electron chi connectivity index (χ3n) is 8.90. The first kappa shape index (κ1) is 32.1. The van der Waals surface area contributed by atoms with Crippen LogP contribution in [0.2, 0.25) is 0 Å². The van der Waals surface area contributed by atoms with E-state index < -0.39 is 23.3 Å². The number of benzene rings is 2. The summed E-state index contributed by atoms with van der Waals surface area (Å²) >= 11 is 0. The number of carbonyl (C=O) groups excluding carboxylic acids is 2. The van der Waals surface area contributed by atoms with E-state index in [1.54, 1.807) is 35.5 Å². The second-order valence-corrected chi connectivity index (χ2v) is 12.4. The Morgan fingerprint density at radius 2 is 1.81 bits per heavy atom. The number of terminal acetylenes is 1. The summed E-state index contributed by atoms with van der Waals surface area (Å²) < 4.78 is 41.8. The van der Waals surface area contributed by atoms with Gasteiger partial charge in [-0.3, -0.25) is 14.5 Å². The molecule has 1 saturated heterocycles. The Labute approximate surface area is 271 Å². The summed E-state index contributed by atoms with van der Waals surface area (Å²) in [6.07, 6.45) is 6.90. The summed E-state index contributed by atoms with van der Waals surface area (Å²) in [6.45, 7) is 5.54. The van der Waals surface area contributed by atoms with Crippen LogP contribution in [0, 0.1) is 12.3 Å². The van der Waals surface area contributed by atoms with Crippen molar-refractivity contribution in [3.8, 4) is 12.3 Å². The number of nitrogens with one attached hydrogen (secondary N) is 1. The molecule has 10 nitrogen and oxygen atoms in total. The first-order chi connectivity index (χ1) is 22.5. The first-order valence-electron chi connectivity index (χ1n) is 15.5. The molecule has 2 amide bonds. The van der Waals surface area contributed by atoms with E-state index in [0.717, 1.165) is 35.5 Å². The highest BCUT2D eigenvalue weighted by atomic mass is 19.4. The van der Waals surface area contributed by atoms with E-state index in [1.165, 1.54) is 6.33 Å². The predicted molar refractivity (Wildman–Crippen MR) is 169 cm³/mol. The molecule has 1 aromatic heterocycles. The number of alkyl halides is 3. The van der Waals surface area contributed by atoms with Crippen LogP contribution in [0.4, 0.5) is 24.5 Å². The number of nitrogens with zero attached hydrogens (tertiary/aromatic N) is 7. The Balaban J connectivity index is 1.11. The van der Waals surface area contributed by atoms with E-state index in [0.29, 0.717) is 56.7 Å². The van der Waals surface area contributed by atoms with Crippen LogP contribution in [-0.2, 0) is 24.1 Å². The fraction of sp³-hybridized carbons (Fsp3) is 0.412. The molecule has 0 bridgehead atoms. The second-order valence-electron chi connectivity index (χ2n) is 12.4. The Hall–Kier alpha value is -4.83. The first-order valence-corrected chi connectivity index (χ1v) is 15.5. The molecule has 1 N–H and O–H groups in total. The summed E-state index contributed by atoms with van der Waals surface area (Å²) in [6, 6.07) is 9.08. The van der Waals surface area contributed by atoms with Crippen molar-refractivity contribution >= 4 is 23.2 Å². The standard InChI is InChI=1S/C34H35F3N8O2/c1-3-4-7-33(41-42-33)16-31(46)44-10-8-43(9-11-44)20-24-12-27(34(35,36)37)15-28(13-24)40-32(47)25-5-6-30-23(2)19-45(21-26(30)14-25)29-17-38-22-39-18-29/h1,5-6,12-15,17-18,22-23H,4,7-11,16,19-21H2,2H3,(H,40,47). The number of hydrogen-bond acceptors (Lipinski definition) is 8. The minimum absolute atomic E-state index is 0.0610.